The van der Waals surface area contributed by atoms with E-state index in [0.717, 1.165) is 28.9 Å². The van der Waals surface area contributed by atoms with Gasteiger partial charge < -0.3 is 14.2 Å². The van der Waals surface area contributed by atoms with Gasteiger partial charge in [0.15, 0.2) is 5.69 Å². The molecule has 0 aliphatic heterocycles. The quantitative estimate of drug-likeness (QED) is 0.427. The molecule has 1 aliphatic carbocycles. The van der Waals surface area contributed by atoms with Crippen molar-refractivity contribution in [2.45, 2.75) is 51.7 Å². The summed E-state index contributed by atoms with van der Waals surface area (Å²) in [6.07, 6.45) is 9.33. The summed E-state index contributed by atoms with van der Waals surface area (Å²) >= 11 is 1.28. The topological polar surface area (TPSA) is 124 Å². The van der Waals surface area contributed by atoms with Crippen molar-refractivity contribution in [3.05, 3.63) is 52.8 Å². The molecule has 0 spiro atoms. The van der Waals surface area contributed by atoms with Gasteiger partial charge in [-0.05, 0) is 51.2 Å². The minimum atomic E-state index is -1.13. The molecular weight excluding hydrogens is 444 g/mol. The number of hydrogen-bond acceptors (Lipinski definition) is 8. The van der Waals surface area contributed by atoms with Crippen LogP contribution in [0, 0.1) is 0 Å². The minimum absolute atomic E-state index is 0.116. The van der Waals surface area contributed by atoms with Crippen molar-refractivity contribution < 1.29 is 19.4 Å². The lowest BCUT2D eigenvalue weighted by atomic mass is 10.1. The monoisotopic (exact) mass is 466 g/mol. The first-order chi connectivity index (χ1) is 15.7. The molecular formula is C22H22N6O4S. The van der Waals surface area contributed by atoms with Crippen LogP contribution in [0.3, 0.4) is 0 Å². The molecule has 170 valence electrons. The molecule has 5 rings (SSSR count). The van der Waals surface area contributed by atoms with Gasteiger partial charge in [0.2, 0.25) is 5.01 Å². The van der Waals surface area contributed by atoms with Crippen LogP contribution in [0.4, 0.5) is 0 Å². The van der Waals surface area contributed by atoms with Gasteiger partial charge in [-0.25, -0.2) is 24.2 Å². The molecule has 1 aliphatic rings. The van der Waals surface area contributed by atoms with E-state index in [1.165, 1.54) is 27.8 Å². The Morgan fingerprint density at radius 1 is 1.24 bits per heavy atom. The summed E-state index contributed by atoms with van der Waals surface area (Å²) in [5.74, 6) is -1.05. The summed E-state index contributed by atoms with van der Waals surface area (Å²) in [7, 11) is 0. The molecule has 0 aromatic carbocycles. The number of nitrogens with zero attached hydrogens (tertiary/aromatic N) is 6. The molecule has 1 N–H and O–H groups in total. The van der Waals surface area contributed by atoms with E-state index >= 15 is 0 Å². The molecule has 10 nitrogen and oxygen atoms in total. The van der Waals surface area contributed by atoms with Gasteiger partial charge >= 0.3 is 11.9 Å². The molecule has 4 aromatic heterocycles. The van der Waals surface area contributed by atoms with E-state index in [1.807, 2.05) is 31.4 Å². The lowest BCUT2D eigenvalue weighted by Gasteiger charge is -2.18. The Labute approximate surface area is 192 Å². The Morgan fingerprint density at radius 3 is 2.70 bits per heavy atom. The highest BCUT2D eigenvalue weighted by atomic mass is 32.1. The number of carbonyl (C=O) groups is 2. The zero-order valence-electron chi connectivity index (χ0n) is 18.3. The van der Waals surface area contributed by atoms with Crippen LogP contribution in [0.15, 0.2) is 30.9 Å². The second-order valence-corrected chi connectivity index (χ2v) is 10.1. The first-order valence-corrected chi connectivity index (χ1v) is 11.3. The summed E-state index contributed by atoms with van der Waals surface area (Å²) in [6.45, 7) is 5.75. The number of aromatic carboxylic acids is 1. The average molecular weight is 467 g/mol. The number of imidazole rings is 1. The third-order valence-corrected chi connectivity index (χ3v) is 6.11. The normalized spacial score (nSPS) is 14.0. The Bertz CT molecular complexity index is 1380. The van der Waals surface area contributed by atoms with Crippen molar-refractivity contribution in [1.82, 2.24) is 29.4 Å². The predicted molar refractivity (Wildman–Crippen MR) is 120 cm³/mol. The van der Waals surface area contributed by atoms with Gasteiger partial charge in [0.05, 0.1) is 23.3 Å². The largest absolute Gasteiger partial charge is 0.476 e. The van der Waals surface area contributed by atoms with Crippen molar-refractivity contribution in [3.63, 3.8) is 0 Å². The van der Waals surface area contributed by atoms with Crippen LogP contribution in [0.25, 0.3) is 16.1 Å². The fourth-order valence-electron chi connectivity index (χ4n) is 3.52. The third kappa shape index (κ3) is 4.49. The van der Waals surface area contributed by atoms with E-state index in [2.05, 4.69) is 27.6 Å². The zero-order chi connectivity index (χ0) is 23.3. The summed E-state index contributed by atoms with van der Waals surface area (Å²) in [5, 5.41) is 16.9. The molecule has 0 bridgehead atoms. The van der Waals surface area contributed by atoms with Gasteiger partial charge in [-0.15, -0.1) is 16.4 Å². The first-order valence-electron chi connectivity index (χ1n) is 10.5. The summed E-state index contributed by atoms with van der Waals surface area (Å²) in [4.78, 5) is 33.4. The SMILES string of the molecule is CC(C)(C)OC(=O)c1ncc(-c2cc(C3CC3)cn3cc(Cn4cc(C(=O)O)nn4)nc23)s1. The zero-order valence-corrected chi connectivity index (χ0v) is 19.2. The van der Waals surface area contributed by atoms with Crippen LogP contribution in [0.2, 0.25) is 0 Å². The van der Waals surface area contributed by atoms with Crippen molar-refractivity contribution in [2.24, 2.45) is 0 Å². The van der Waals surface area contributed by atoms with Gasteiger partial charge in [0.1, 0.15) is 11.2 Å². The van der Waals surface area contributed by atoms with Gasteiger partial charge in [-0.1, -0.05) is 5.21 Å². The maximum atomic E-state index is 12.5. The highest BCUT2D eigenvalue weighted by Gasteiger charge is 2.27. The number of pyridine rings is 1. The number of carbonyl (C=O) groups excluding carboxylic acids is 1. The van der Waals surface area contributed by atoms with Crippen molar-refractivity contribution in [2.75, 3.05) is 0 Å². The highest BCUT2D eigenvalue weighted by Crippen LogP contribution is 2.42. The molecule has 0 atom stereocenters. The Morgan fingerprint density at radius 2 is 2.03 bits per heavy atom. The lowest BCUT2D eigenvalue weighted by molar-refractivity contribution is 0.00690. The number of rotatable bonds is 6. The molecule has 0 radical (unpaired) electrons. The number of carboxylic acid groups (broad SMARTS) is 1. The van der Waals surface area contributed by atoms with Gasteiger partial charge in [0.25, 0.3) is 0 Å². The van der Waals surface area contributed by atoms with Crippen LogP contribution < -0.4 is 0 Å². The van der Waals surface area contributed by atoms with Gasteiger partial charge in [0, 0.05) is 24.2 Å². The number of ether oxygens (including phenoxy) is 1. The number of fused-ring (bicyclic) bond motifs is 1. The number of aromatic nitrogens is 6. The van der Waals surface area contributed by atoms with Crippen LogP contribution in [-0.4, -0.2) is 52.0 Å². The van der Waals surface area contributed by atoms with Crippen LogP contribution in [-0.2, 0) is 11.3 Å². The summed E-state index contributed by atoms with van der Waals surface area (Å²) < 4.78 is 8.87. The molecule has 0 unspecified atom stereocenters. The maximum absolute atomic E-state index is 12.5. The van der Waals surface area contributed by atoms with E-state index in [0.29, 0.717) is 16.6 Å². The highest BCUT2D eigenvalue weighted by molar-refractivity contribution is 7.17. The van der Waals surface area contributed by atoms with Crippen LogP contribution in [0.1, 0.15) is 71.1 Å². The second-order valence-electron chi connectivity index (χ2n) is 9.06. The maximum Gasteiger partial charge on any atom is 0.367 e. The van der Waals surface area contributed by atoms with Gasteiger partial charge in [-0.2, -0.15) is 0 Å². The van der Waals surface area contributed by atoms with E-state index in [9.17, 15) is 9.59 Å². The minimum Gasteiger partial charge on any atom is -0.476 e. The van der Waals surface area contributed by atoms with Crippen LogP contribution >= 0.6 is 11.3 Å². The van der Waals surface area contributed by atoms with E-state index < -0.39 is 17.5 Å². The number of thiazole rings is 1. The van der Waals surface area contributed by atoms with Crippen LogP contribution in [0.5, 0.6) is 0 Å². The molecule has 1 fully saturated rings. The van der Waals surface area contributed by atoms with E-state index in [1.54, 1.807) is 6.20 Å². The fourth-order valence-corrected chi connectivity index (χ4v) is 4.33. The molecule has 4 heterocycles. The predicted octanol–water partition coefficient (Wildman–Crippen LogP) is 3.63. The number of carboxylic acids is 1. The lowest BCUT2D eigenvalue weighted by Crippen LogP contribution is -2.23. The molecule has 33 heavy (non-hydrogen) atoms. The van der Waals surface area contributed by atoms with Crippen molar-refractivity contribution in [3.8, 4) is 10.4 Å². The Hall–Kier alpha value is -3.60. The fraction of sp³-hybridized carbons (Fsp3) is 0.364. The standard InChI is InChI=1S/C22H22N6O4S/c1-22(2,3)32-21(31)19-23-7-17(33-19)15-6-13(12-4-5-12)8-27-9-14(24-18(15)27)10-28-11-16(20(29)30)25-26-28/h6-9,11-12H,4-5,10H2,1-3H3,(H,29,30). The summed E-state index contributed by atoms with van der Waals surface area (Å²) in [6, 6.07) is 2.12. The molecule has 4 aromatic rings. The second kappa shape index (κ2) is 7.77. The average Bonchev–Trinajstić information content (AvgIpc) is 3.13. The number of esters is 1. The van der Waals surface area contributed by atoms with Gasteiger partial charge in [-0.3, -0.25) is 0 Å². The smallest absolute Gasteiger partial charge is 0.367 e. The van der Waals surface area contributed by atoms with E-state index in [-0.39, 0.29) is 12.2 Å². The van der Waals surface area contributed by atoms with E-state index in [4.69, 9.17) is 14.8 Å². The molecule has 11 heteroatoms. The molecule has 1 saturated carbocycles. The number of hydrogen-bond donors (Lipinski definition) is 1. The Kier molecular flexibility index (Phi) is 5.00. The third-order valence-electron chi connectivity index (χ3n) is 5.10. The Balaban J connectivity index is 1.51. The molecule has 0 saturated heterocycles. The first kappa shape index (κ1) is 21.3. The molecule has 0 amide bonds. The summed E-state index contributed by atoms with van der Waals surface area (Å²) in [5.41, 5.74) is 2.83. The van der Waals surface area contributed by atoms with Crippen molar-refractivity contribution in [1.29, 1.82) is 0 Å². The van der Waals surface area contributed by atoms with Crippen molar-refractivity contribution >= 4 is 28.9 Å².